The van der Waals surface area contributed by atoms with Crippen molar-refractivity contribution in [3.63, 3.8) is 0 Å². The van der Waals surface area contributed by atoms with Crippen LogP contribution in [0.1, 0.15) is 35.8 Å². The number of hydrogen-bond acceptors (Lipinski definition) is 3. The number of pyridine rings is 1. The Morgan fingerprint density at radius 2 is 2.16 bits per heavy atom. The molecule has 25 heavy (non-hydrogen) atoms. The first-order chi connectivity index (χ1) is 11.8. The number of carbonyl (C=O) groups is 1. The average Bonchev–Trinajstić information content (AvgIpc) is 2.62. The zero-order chi connectivity index (χ0) is 18.2. The van der Waals surface area contributed by atoms with Crippen molar-refractivity contribution in [3.05, 3.63) is 63.9 Å². The van der Waals surface area contributed by atoms with Crippen LogP contribution in [-0.2, 0) is 17.0 Å². The molecule has 4 nitrogen and oxygen atoms in total. The number of nitrogens with zero attached hydrogens (tertiary/aromatic N) is 1. The van der Waals surface area contributed by atoms with Crippen LogP contribution < -0.4 is 5.32 Å². The molecule has 0 saturated carbocycles. The minimum atomic E-state index is -2.39. The first kappa shape index (κ1) is 17.7. The third kappa shape index (κ3) is 3.09. The second-order valence-electron chi connectivity index (χ2n) is 5.81. The molecule has 2 aromatic rings. The summed E-state index contributed by atoms with van der Waals surface area (Å²) in [5.41, 5.74) is -2.35. The highest BCUT2D eigenvalue weighted by molar-refractivity contribution is 6.30. The SMILES string of the molecule is O=C(NCc1ccc(F)c(Cl)c1F)C1(F)CCC(O)c2ncccc21. The summed E-state index contributed by atoms with van der Waals surface area (Å²) >= 11 is 5.48. The minimum Gasteiger partial charge on any atom is -0.387 e. The zero-order valence-electron chi connectivity index (χ0n) is 12.9. The number of aliphatic hydroxyl groups excluding tert-OH is 1. The fourth-order valence-electron chi connectivity index (χ4n) is 2.88. The Hall–Kier alpha value is -2.12. The highest BCUT2D eigenvalue weighted by Gasteiger charge is 2.46. The maximum absolute atomic E-state index is 15.3. The van der Waals surface area contributed by atoms with Crippen molar-refractivity contribution in [1.82, 2.24) is 10.3 Å². The average molecular weight is 371 g/mol. The number of hydrogen-bond donors (Lipinski definition) is 2. The third-order valence-corrected chi connectivity index (χ3v) is 4.60. The van der Waals surface area contributed by atoms with E-state index in [1.807, 2.05) is 0 Å². The summed E-state index contributed by atoms with van der Waals surface area (Å²) in [5.74, 6) is -2.90. The molecule has 2 unspecified atom stereocenters. The van der Waals surface area contributed by atoms with Gasteiger partial charge in [0.05, 0.1) is 11.8 Å². The van der Waals surface area contributed by atoms with Crippen molar-refractivity contribution in [3.8, 4) is 0 Å². The van der Waals surface area contributed by atoms with Crippen LogP contribution in [-0.4, -0.2) is 16.0 Å². The van der Waals surface area contributed by atoms with Crippen LogP contribution in [0.4, 0.5) is 13.2 Å². The second kappa shape index (κ2) is 6.65. The van der Waals surface area contributed by atoms with Gasteiger partial charge >= 0.3 is 0 Å². The van der Waals surface area contributed by atoms with E-state index in [4.69, 9.17) is 11.6 Å². The Bertz CT molecular complexity index is 834. The fourth-order valence-corrected chi connectivity index (χ4v) is 3.06. The van der Waals surface area contributed by atoms with Gasteiger partial charge in [0.15, 0.2) is 0 Å². The molecule has 3 rings (SSSR count). The van der Waals surface area contributed by atoms with Crippen LogP contribution in [0, 0.1) is 11.6 Å². The van der Waals surface area contributed by atoms with Gasteiger partial charge in [0.2, 0.25) is 5.67 Å². The largest absolute Gasteiger partial charge is 0.387 e. The molecule has 1 aromatic heterocycles. The van der Waals surface area contributed by atoms with Crippen molar-refractivity contribution >= 4 is 17.5 Å². The second-order valence-corrected chi connectivity index (χ2v) is 6.19. The molecular formula is C17H14ClF3N2O2. The first-order valence-corrected chi connectivity index (χ1v) is 7.95. The van der Waals surface area contributed by atoms with Crippen molar-refractivity contribution in [2.45, 2.75) is 31.2 Å². The van der Waals surface area contributed by atoms with E-state index in [0.717, 1.165) is 12.1 Å². The van der Waals surface area contributed by atoms with Gasteiger partial charge in [0, 0.05) is 23.9 Å². The van der Waals surface area contributed by atoms with Gasteiger partial charge in [-0.1, -0.05) is 23.7 Å². The van der Waals surface area contributed by atoms with Gasteiger partial charge in [-0.15, -0.1) is 0 Å². The topological polar surface area (TPSA) is 62.2 Å². The Labute approximate surface area is 146 Å². The number of amides is 1. The number of benzene rings is 1. The lowest BCUT2D eigenvalue weighted by atomic mass is 9.81. The van der Waals surface area contributed by atoms with Crippen molar-refractivity contribution in [2.75, 3.05) is 0 Å². The van der Waals surface area contributed by atoms with Crippen LogP contribution in [0.3, 0.4) is 0 Å². The number of halogens is 4. The molecule has 1 amide bonds. The Kier molecular flexibility index (Phi) is 4.71. The molecule has 1 aliphatic rings. The van der Waals surface area contributed by atoms with Crippen LogP contribution in [0.2, 0.25) is 5.02 Å². The molecule has 0 bridgehead atoms. The fraction of sp³-hybridized carbons (Fsp3) is 0.294. The molecule has 0 radical (unpaired) electrons. The predicted molar refractivity (Wildman–Crippen MR) is 84.4 cm³/mol. The van der Waals surface area contributed by atoms with Gasteiger partial charge in [0.25, 0.3) is 5.91 Å². The lowest BCUT2D eigenvalue weighted by molar-refractivity contribution is -0.135. The van der Waals surface area contributed by atoms with Crippen molar-refractivity contribution < 1.29 is 23.1 Å². The van der Waals surface area contributed by atoms with Crippen LogP contribution in [0.25, 0.3) is 0 Å². The lowest BCUT2D eigenvalue weighted by Crippen LogP contribution is -2.44. The van der Waals surface area contributed by atoms with Crippen LogP contribution in [0.5, 0.6) is 0 Å². The molecule has 0 aliphatic heterocycles. The van der Waals surface area contributed by atoms with Crippen LogP contribution in [0.15, 0.2) is 30.5 Å². The zero-order valence-corrected chi connectivity index (χ0v) is 13.7. The molecule has 2 N–H and O–H groups in total. The summed E-state index contributed by atoms with van der Waals surface area (Å²) in [6.07, 6.45) is 0.263. The number of rotatable bonds is 3. The summed E-state index contributed by atoms with van der Waals surface area (Å²) in [7, 11) is 0. The first-order valence-electron chi connectivity index (χ1n) is 7.57. The molecule has 1 aromatic carbocycles. The summed E-state index contributed by atoms with van der Waals surface area (Å²) in [6, 6.07) is 4.95. The molecule has 0 fully saturated rings. The normalized spacial score (nSPS) is 22.4. The molecule has 132 valence electrons. The van der Waals surface area contributed by atoms with Gasteiger partial charge in [-0.25, -0.2) is 13.2 Å². The molecule has 2 atom stereocenters. The molecule has 0 saturated heterocycles. The molecular weight excluding hydrogens is 357 g/mol. The molecule has 1 heterocycles. The van der Waals surface area contributed by atoms with Gasteiger partial charge in [-0.2, -0.15) is 0 Å². The van der Waals surface area contributed by atoms with E-state index in [-0.39, 0.29) is 36.2 Å². The van der Waals surface area contributed by atoms with E-state index in [1.165, 1.54) is 18.3 Å². The maximum atomic E-state index is 15.3. The number of carbonyl (C=O) groups excluding carboxylic acids is 1. The highest BCUT2D eigenvalue weighted by atomic mass is 35.5. The monoisotopic (exact) mass is 370 g/mol. The molecule has 0 spiro atoms. The summed E-state index contributed by atoms with van der Waals surface area (Å²) < 4.78 is 42.4. The quantitative estimate of drug-likeness (QED) is 0.815. The van der Waals surface area contributed by atoms with E-state index in [1.54, 1.807) is 0 Å². The van der Waals surface area contributed by atoms with Crippen LogP contribution >= 0.6 is 11.6 Å². The number of fused-ring (bicyclic) bond motifs is 1. The van der Waals surface area contributed by atoms with Crippen molar-refractivity contribution in [2.24, 2.45) is 0 Å². The number of alkyl halides is 1. The Balaban J connectivity index is 1.82. The van der Waals surface area contributed by atoms with E-state index in [2.05, 4.69) is 10.3 Å². The van der Waals surface area contributed by atoms with E-state index in [0.29, 0.717) is 0 Å². The van der Waals surface area contributed by atoms with E-state index in [9.17, 15) is 18.7 Å². The van der Waals surface area contributed by atoms with Crippen molar-refractivity contribution in [1.29, 1.82) is 0 Å². The number of aromatic nitrogens is 1. The predicted octanol–water partition coefficient (Wildman–Crippen LogP) is 3.32. The Morgan fingerprint density at radius 3 is 2.92 bits per heavy atom. The standard InChI is InChI=1S/C17H14ClF3N2O2/c18-13-11(19)4-3-9(14(13)20)8-23-16(25)17(21)6-5-12(24)15-10(17)2-1-7-22-15/h1-4,7,12,24H,5-6,8H2,(H,23,25). The minimum absolute atomic E-state index is 0.0103. The molecule has 8 heteroatoms. The number of aliphatic hydroxyl groups is 1. The van der Waals surface area contributed by atoms with Gasteiger partial charge < -0.3 is 10.4 Å². The molecule has 1 aliphatic carbocycles. The smallest absolute Gasteiger partial charge is 0.262 e. The Morgan fingerprint density at radius 1 is 1.40 bits per heavy atom. The maximum Gasteiger partial charge on any atom is 0.262 e. The highest BCUT2D eigenvalue weighted by Crippen LogP contribution is 2.42. The lowest BCUT2D eigenvalue weighted by Gasteiger charge is -2.32. The summed E-state index contributed by atoms with van der Waals surface area (Å²) in [4.78, 5) is 16.3. The van der Waals surface area contributed by atoms with Gasteiger partial charge in [-0.3, -0.25) is 9.78 Å². The third-order valence-electron chi connectivity index (χ3n) is 4.26. The van der Waals surface area contributed by atoms with Gasteiger partial charge in [0.1, 0.15) is 16.7 Å². The number of nitrogens with one attached hydrogen (secondary N) is 1. The summed E-state index contributed by atoms with van der Waals surface area (Å²) in [5, 5.41) is 11.5. The van der Waals surface area contributed by atoms with E-state index < -0.39 is 34.3 Å². The van der Waals surface area contributed by atoms with Gasteiger partial charge in [-0.05, 0) is 25.0 Å². The summed E-state index contributed by atoms with van der Waals surface area (Å²) in [6.45, 7) is -0.353. The van der Waals surface area contributed by atoms with E-state index >= 15 is 4.39 Å².